The predicted octanol–water partition coefficient (Wildman–Crippen LogP) is 7.39. The Morgan fingerprint density at radius 1 is 1.05 bits per heavy atom. The Morgan fingerprint density at radius 2 is 1.88 bits per heavy atom. The summed E-state index contributed by atoms with van der Waals surface area (Å²) in [5.74, 6) is -0.0815. The molecule has 1 amide bonds. The summed E-state index contributed by atoms with van der Waals surface area (Å²) in [7, 11) is 0. The van der Waals surface area contributed by atoms with Gasteiger partial charge in [-0.2, -0.15) is 18.3 Å². The number of rotatable bonds is 7. The summed E-state index contributed by atoms with van der Waals surface area (Å²) in [6, 6.07) is 16.3. The van der Waals surface area contributed by atoms with Gasteiger partial charge in [0.05, 0.1) is 35.0 Å². The SMILES string of the molecule is Cc1ccc([C@H](C)NC(=O)c2cccc(C(F)(F)F)c2)cc1-c1ccc2nc(Nc3cnn(C4CC4)c3)ncc2c1. The summed E-state index contributed by atoms with van der Waals surface area (Å²) in [4.78, 5) is 21.9. The number of carbonyl (C=O) groups excluding carboxylic acids is 1. The van der Waals surface area contributed by atoms with Crippen LogP contribution in [-0.4, -0.2) is 25.7 Å². The van der Waals surface area contributed by atoms with Gasteiger partial charge in [0.2, 0.25) is 5.95 Å². The fraction of sp³-hybridized carbons (Fsp3) is 0.226. The number of aryl methyl sites for hydroxylation is 1. The van der Waals surface area contributed by atoms with E-state index in [4.69, 9.17) is 0 Å². The van der Waals surface area contributed by atoms with Gasteiger partial charge in [-0.1, -0.05) is 24.3 Å². The molecule has 1 aliphatic carbocycles. The van der Waals surface area contributed by atoms with Gasteiger partial charge in [0, 0.05) is 23.3 Å². The Labute approximate surface area is 234 Å². The number of carbonyl (C=O) groups is 1. The van der Waals surface area contributed by atoms with Crippen LogP contribution in [0, 0.1) is 6.92 Å². The van der Waals surface area contributed by atoms with Crippen LogP contribution < -0.4 is 10.6 Å². The number of hydrogen-bond acceptors (Lipinski definition) is 5. The zero-order chi connectivity index (χ0) is 28.7. The van der Waals surface area contributed by atoms with Gasteiger partial charge in [0.25, 0.3) is 5.91 Å². The highest BCUT2D eigenvalue weighted by atomic mass is 19.4. The summed E-state index contributed by atoms with van der Waals surface area (Å²) in [6.45, 7) is 3.80. The van der Waals surface area contributed by atoms with E-state index < -0.39 is 23.7 Å². The molecule has 7 nitrogen and oxygen atoms in total. The van der Waals surface area contributed by atoms with E-state index in [-0.39, 0.29) is 5.56 Å². The number of nitrogens with one attached hydrogen (secondary N) is 2. The van der Waals surface area contributed by atoms with Gasteiger partial charge < -0.3 is 10.6 Å². The maximum atomic E-state index is 13.1. The van der Waals surface area contributed by atoms with Crippen LogP contribution in [0.25, 0.3) is 22.0 Å². The van der Waals surface area contributed by atoms with E-state index in [1.54, 1.807) is 19.3 Å². The molecule has 0 radical (unpaired) electrons. The third-order valence-corrected chi connectivity index (χ3v) is 7.23. The van der Waals surface area contributed by atoms with E-state index in [2.05, 4.69) is 25.7 Å². The number of anilines is 2. The molecule has 0 spiro atoms. The molecule has 5 aromatic rings. The minimum absolute atomic E-state index is 0.0425. The Hall–Kier alpha value is -4.73. The predicted molar refractivity (Wildman–Crippen MR) is 151 cm³/mol. The van der Waals surface area contributed by atoms with Crippen molar-refractivity contribution in [3.05, 3.63) is 102 Å². The Kier molecular flexibility index (Phi) is 6.69. The minimum atomic E-state index is -4.52. The van der Waals surface area contributed by atoms with Gasteiger partial charge >= 0.3 is 6.18 Å². The highest BCUT2D eigenvalue weighted by Gasteiger charge is 2.31. The van der Waals surface area contributed by atoms with E-state index in [0.717, 1.165) is 63.8 Å². The highest BCUT2D eigenvalue weighted by molar-refractivity contribution is 5.94. The zero-order valence-electron chi connectivity index (χ0n) is 22.4. The summed E-state index contributed by atoms with van der Waals surface area (Å²) >= 11 is 0. The van der Waals surface area contributed by atoms with E-state index in [0.29, 0.717) is 12.0 Å². The smallest absolute Gasteiger partial charge is 0.346 e. The molecule has 10 heteroatoms. The zero-order valence-corrected chi connectivity index (χ0v) is 22.4. The van der Waals surface area contributed by atoms with Crippen LogP contribution in [0.1, 0.15) is 58.9 Å². The largest absolute Gasteiger partial charge is 0.416 e. The first-order valence-electron chi connectivity index (χ1n) is 13.3. The van der Waals surface area contributed by atoms with Gasteiger partial charge in [-0.25, -0.2) is 9.97 Å². The van der Waals surface area contributed by atoms with Gasteiger partial charge in [0.1, 0.15) is 0 Å². The van der Waals surface area contributed by atoms with Crippen molar-refractivity contribution in [1.82, 2.24) is 25.1 Å². The molecule has 0 bridgehead atoms. The number of halogens is 3. The lowest BCUT2D eigenvalue weighted by molar-refractivity contribution is -0.137. The van der Waals surface area contributed by atoms with Gasteiger partial charge in [-0.3, -0.25) is 9.48 Å². The topological polar surface area (TPSA) is 84.7 Å². The monoisotopic (exact) mass is 556 g/mol. The minimum Gasteiger partial charge on any atom is -0.346 e. The lowest BCUT2D eigenvalue weighted by Gasteiger charge is -2.17. The molecule has 208 valence electrons. The quantitative estimate of drug-likeness (QED) is 0.218. The molecule has 41 heavy (non-hydrogen) atoms. The standard InChI is InChI=1S/C31H27F3N6O/c1-18-6-7-20(19(2)37-29(41)22-4-3-5-24(13-22)31(32,33)34)14-27(18)21-8-11-28-23(12-21)15-35-30(39-28)38-25-16-36-40(17-25)26-9-10-26/h3-8,11-17,19,26H,9-10H2,1-2H3,(H,37,41)(H,35,38,39)/t19-/m0/s1. The molecular formula is C31H27F3N6O. The lowest BCUT2D eigenvalue weighted by atomic mass is 9.95. The van der Waals surface area contributed by atoms with Crippen LogP contribution in [0.3, 0.4) is 0 Å². The summed E-state index contributed by atoms with van der Waals surface area (Å²) in [5, 5.41) is 11.3. The number of hydrogen-bond donors (Lipinski definition) is 2. The van der Waals surface area contributed by atoms with Crippen molar-refractivity contribution < 1.29 is 18.0 Å². The third-order valence-electron chi connectivity index (χ3n) is 7.23. The molecule has 1 saturated carbocycles. The average molecular weight is 557 g/mol. The van der Waals surface area contributed by atoms with Crippen LogP contribution in [0.5, 0.6) is 0 Å². The molecule has 6 rings (SSSR count). The normalized spacial score (nSPS) is 14.2. The molecular weight excluding hydrogens is 529 g/mol. The van der Waals surface area contributed by atoms with Crippen molar-refractivity contribution >= 4 is 28.4 Å². The van der Waals surface area contributed by atoms with E-state index in [1.165, 1.54) is 12.1 Å². The Morgan fingerprint density at radius 3 is 2.66 bits per heavy atom. The fourth-order valence-electron chi connectivity index (χ4n) is 4.75. The first-order chi connectivity index (χ1) is 19.6. The summed E-state index contributed by atoms with van der Waals surface area (Å²) < 4.78 is 41.2. The van der Waals surface area contributed by atoms with Crippen LogP contribution in [0.2, 0.25) is 0 Å². The van der Waals surface area contributed by atoms with Crippen LogP contribution >= 0.6 is 0 Å². The van der Waals surface area contributed by atoms with Gasteiger partial charge in [0.15, 0.2) is 0 Å². The molecule has 1 aliphatic rings. The van der Waals surface area contributed by atoms with Crippen LogP contribution in [-0.2, 0) is 6.18 Å². The second kappa shape index (κ2) is 10.3. The molecule has 0 aliphatic heterocycles. The van der Waals surface area contributed by atoms with E-state index in [1.807, 2.05) is 54.2 Å². The first-order valence-corrected chi connectivity index (χ1v) is 13.3. The molecule has 2 aromatic heterocycles. The number of benzene rings is 3. The molecule has 1 fully saturated rings. The number of alkyl halides is 3. The van der Waals surface area contributed by atoms with E-state index in [9.17, 15) is 18.0 Å². The maximum absolute atomic E-state index is 13.1. The van der Waals surface area contributed by atoms with Crippen LogP contribution in [0.15, 0.2) is 79.3 Å². The molecule has 2 N–H and O–H groups in total. The summed E-state index contributed by atoms with van der Waals surface area (Å²) in [6.07, 6.45) is 3.31. The van der Waals surface area contributed by atoms with Crippen LogP contribution in [0.4, 0.5) is 24.8 Å². The third kappa shape index (κ3) is 5.77. The first kappa shape index (κ1) is 26.5. The van der Waals surface area contributed by atoms with Crippen molar-refractivity contribution in [1.29, 1.82) is 0 Å². The summed E-state index contributed by atoms with van der Waals surface area (Å²) in [5.41, 5.74) is 4.53. The second-order valence-corrected chi connectivity index (χ2v) is 10.4. The highest BCUT2D eigenvalue weighted by Crippen LogP contribution is 2.35. The second-order valence-electron chi connectivity index (χ2n) is 10.4. The van der Waals surface area contributed by atoms with Crippen molar-refractivity contribution in [2.75, 3.05) is 5.32 Å². The molecule has 1 atom stereocenters. The van der Waals surface area contributed by atoms with Crippen molar-refractivity contribution in [3.63, 3.8) is 0 Å². The maximum Gasteiger partial charge on any atom is 0.416 e. The molecule has 0 saturated heterocycles. The molecule has 3 aromatic carbocycles. The molecule has 0 unspecified atom stereocenters. The van der Waals surface area contributed by atoms with Crippen molar-refractivity contribution in [2.24, 2.45) is 0 Å². The van der Waals surface area contributed by atoms with E-state index >= 15 is 0 Å². The fourth-order valence-corrected chi connectivity index (χ4v) is 4.75. The number of fused-ring (bicyclic) bond motifs is 1. The number of nitrogens with zero attached hydrogens (tertiary/aromatic N) is 4. The van der Waals surface area contributed by atoms with Crippen molar-refractivity contribution in [2.45, 2.75) is 44.9 Å². The lowest BCUT2D eigenvalue weighted by Crippen LogP contribution is -2.27. The number of amides is 1. The van der Waals surface area contributed by atoms with Crippen molar-refractivity contribution in [3.8, 4) is 11.1 Å². The average Bonchev–Trinajstić information content (AvgIpc) is 3.71. The van der Waals surface area contributed by atoms with Gasteiger partial charge in [-0.05, 0) is 85.3 Å². The van der Waals surface area contributed by atoms with Gasteiger partial charge in [-0.15, -0.1) is 0 Å². The Balaban J connectivity index is 1.20. The molecule has 2 heterocycles. The Bertz CT molecular complexity index is 1760. The number of aromatic nitrogens is 4.